The van der Waals surface area contributed by atoms with Crippen molar-refractivity contribution in [1.82, 2.24) is 20.0 Å². The van der Waals surface area contributed by atoms with Gasteiger partial charge in [0.2, 0.25) is 0 Å². The minimum atomic E-state index is -4.83. The van der Waals surface area contributed by atoms with Gasteiger partial charge in [0.05, 0.1) is 23.1 Å². The molecule has 0 radical (unpaired) electrons. The van der Waals surface area contributed by atoms with E-state index in [-0.39, 0.29) is 28.4 Å². The normalized spacial score (nSPS) is 14.4. The van der Waals surface area contributed by atoms with E-state index in [1.54, 1.807) is 6.07 Å². The average molecular weight is 486 g/mol. The second-order valence-electron chi connectivity index (χ2n) is 8.09. The van der Waals surface area contributed by atoms with Crippen LogP contribution >= 0.6 is 0 Å². The molecule has 2 heterocycles. The van der Waals surface area contributed by atoms with E-state index >= 15 is 0 Å². The Bertz CT molecular complexity index is 1410. The zero-order chi connectivity index (χ0) is 25.5. The first-order chi connectivity index (χ1) is 16.5. The molecule has 2 aromatic heterocycles. The second kappa shape index (κ2) is 8.81. The summed E-state index contributed by atoms with van der Waals surface area (Å²) < 4.78 is 41.3. The van der Waals surface area contributed by atoms with Gasteiger partial charge in [0.25, 0.3) is 0 Å². The van der Waals surface area contributed by atoms with Gasteiger partial charge in [-0.3, -0.25) is 10.2 Å². The number of aryl methyl sites for hydroxylation is 1. The number of aromatic nitrogens is 4. The van der Waals surface area contributed by atoms with E-state index < -0.39 is 30.0 Å². The van der Waals surface area contributed by atoms with Crippen LogP contribution in [0.5, 0.6) is 0 Å². The number of fused-ring (bicyclic) bond motifs is 3. The lowest BCUT2D eigenvalue weighted by atomic mass is 9.83. The maximum Gasteiger partial charge on any atom is 0.431 e. The fourth-order valence-electron chi connectivity index (χ4n) is 4.31. The van der Waals surface area contributed by atoms with Crippen molar-refractivity contribution in [3.63, 3.8) is 0 Å². The fourth-order valence-corrected chi connectivity index (χ4v) is 4.31. The Morgan fingerprint density at radius 2 is 1.91 bits per heavy atom. The topological polar surface area (TPSA) is 181 Å². The molecule has 35 heavy (non-hydrogen) atoms. The van der Waals surface area contributed by atoms with Crippen molar-refractivity contribution in [2.24, 2.45) is 5.73 Å². The third-order valence-electron chi connectivity index (χ3n) is 5.84. The minimum Gasteiger partial charge on any atom is -0.480 e. The quantitative estimate of drug-likeness (QED) is 0.262. The Labute approximate surface area is 196 Å². The highest BCUT2D eigenvalue weighted by Gasteiger charge is 2.36. The van der Waals surface area contributed by atoms with Crippen LogP contribution in [0.1, 0.15) is 40.9 Å². The summed E-state index contributed by atoms with van der Waals surface area (Å²) in [6.07, 6.45) is -0.555. The van der Waals surface area contributed by atoms with Gasteiger partial charge in [-0.05, 0) is 48.9 Å². The molecule has 4 rings (SSSR count). The lowest BCUT2D eigenvalue weighted by Crippen LogP contribution is -2.23. The molecule has 1 aliphatic carbocycles. The van der Waals surface area contributed by atoms with Crippen molar-refractivity contribution < 1.29 is 23.1 Å². The monoisotopic (exact) mass is 486 g/mol. The van der Waals surface area contributed by atoms with Gasteiger partial charge in [0.15, 0.2) is 0 Å². The molecule has 0 aliphatic heterocycles. The lowest BCUT2D eigenvalue weighted by Gasteiger charge is -2.24. The van der Waals surface area contributed by atoms with Crippen LogP contribution in [-0.4, -0.2) is 49.2 Å². The van der Waals surface area contributed by atoms with E-state index in [1.807, 2.05) is 0 Å². The van der Waals surface area contributed by atoms with Gasteiger partial charge in [-0.1, -0.05) is 5.21 Å². The predicted molar refractivity (Wildman–Crippen MR) is 122 cm³/mol. The van der Waals surface area contributed by atoms with E-state index in [0.717, 1.165) is 11.1 Å². The van der Waals surface area contributed by atoms with Crippen molar-refractivity contribution in [2.45, 2.75) is 38.4 Å². The van der Waals surface area contributed by atoms with Crippen LogP contribution in [0, 0.1) is 10.8 Å². The smallest absolute Gasteiger partial charge is 0.431 e. The largest absolute Gasteiger partial charge is 0.480 e. The summed E-state index contributed by atoms with van der Waals surface area (Å²) in [6, 6.07) is 3.03. The highest BCUT2D eigenvalue weighted by Crippen LogP contribution is 2.38. The Balaban J connectivity index is 1.98. The number of carboxylic acids is 1. The van der Waals surface area contributed by atoms with Crippen molar-refractivity contribution in [3.05, 3.63) is 52.1 Å². The maximum atomic E-state index is 13.4. The van der Waals surface area contributed by atoms with Gasteiger partial charge in [0, 0.05) is 28.4 Å². The summed E-state index contributed by atoms with van der Waals surface area (Å²) in [7, 11) is 0. The Hall–Kier alpha value is -4.29. The van der Waals surface area contributed by atoms with E-state index in [0.29, 0.717) is 47.5 Å². The number of hydrogen-bond donors (Lipinski definition) is 5. The number of nitrogens with one attached hydrogen (secondary N) is 2. The van der Waals surface area contributed by atoms with E-state index in [2.05, 4.69) is 15.3 Å². The molecule has 0 saturated carbocycles. The van der Waals surface area contributed by atoms with Crippen LogP contribution in [0.4, 0.5) is 18.9 Å². The number of nitrogens with two attached hydrogens (primary N) is 2. The highest BCUT2D eigenvalue weighted by molar-refractivity contribution is 6.21. The molecule has 7 N–H and O–H groups in total. The number of pyridine rings is 1. The molecular weight excluding hydrogens is 465 g/mol. The summed E-state index contributed by atoms with van der Waals surface area (Å²) in [5.41, 5.74) is 11.7. The van der Waals surface area contributed by atoms with Crippen LogP contribution in [0.25, 0.3) is 16.5 Å². The predicted octanol–water partition coefficient (Wildman–Crippen LogP) is 2.67. The molecule has 182 valence electrons. The molecule has 0 unspecified atom stereocenters. The van der Waals surface area contributed by atoms with Crippen molar-refractivity contribution in [1.29, 1.82) is 10.8 Å². The number of allylic oxidation sites excluding steroid dienone is 2. The number of alkyl halides is 3. The van der Waals surface area contributed by atoms with Gasteiger partial charge >= 0.3 is 12.1 Å². The summed E-state index contributed by atoms with van der Waals surface area (Å²) in [5.74, 6) is -1.13. The molecule has 3 aromatic rings. The number of benzene rings is 1. The number of carboxylic acid groups (broad SMARTS) is 1. The number of rotatable bonds is 6. The van der Waals surface area contributed by atoms with Crippen LogP contribution in [0.2, 0.25) is 0 Å². The number of anilines is 1. The summed E-state index contributed by atoms with van der Waals surface area (Å²) >= 11 is 0. The van der Waals surface area contributed by atoms with Crippen LogP contribution in [0.15, 0.2) is 24.0 Å². The van der Waals surface area contributed by atoms with E-state index in [4.69, 9.17) is 27.4 Å². The molecule has 0 atom stereocenters. The fraction of sp³-hybridized carbons (Fsp3) is 0.273. The zero-order valence-electron chi connectivity index (χ0n) is 18.3. The van der Waals surface area contributed by atoms with Gasteiger partial charge in [-0.25, -0.2) is 9.67 Å². The van der Waals surface area contributed by atoms with Crippen LogP contribution in [0.3, 0.4) is 0 Å². The summed E-state index contributed by atoms with van der Waals surface area (Å²) in [5, 5.41) is 33.5. The Kier molecular flexibility index (Phi) is 6.01. The van der Waals surface area contributed by atoms with Gasteiger partial charge in [-0.15, -0.1) is 5.10 Å². The summed E-state index contributed by atoms with van der Waals surface area (Å²) in [4.78, 5) is 15.4. The van der Waals surface area contributed by atoms with Crippen molar-refractivity contribution in [3.8, 4) is 0 Å². The number of halogens is 3. The number of nitrogens with zero attached hydrogens (tertiary/aromatic N) is 4. The molecule has 0 amide bonds. The first-order valence-corrected chi connectivity index (χ1v) is 10.6. The Morgan fingerprint density at radius 1 is 1.23 bits per heavy atom. The number of nitrogen functional groups attached to an aromatic ring is 1. The number of aliphatic carboxylic acids is 1. The van der Waals surface area contributed by atoms with Gasteiger partial charge < -0.3 is 22.0 Å². The molecule has 0 fully saturated rings. The first kappa shape index (κ1) is 23.9. The molecule has 0 saturated heterocycles. The summed E-state index contributed by atoms with van der Waals surface area (Å²) in [6.45, 7) is -0.440. The molecule has 13 heteroatoms. The maximum absolute atomic E-state index is 13.4. The first-order valence-electron chi connectivity index (χ1n) is 10.6. The second-order valence-corrected chi connectivity index (χ2v) is 8.09. The third kappa shape index (κ3) is 4.32. The Morgan fingerprint density at radius 3 is 2.54 bits per heavy atom. The van der Waals surface area contributed by atoms with Crippen LogP contribution in [-0.2, 0) is 24.2 Å². The van der Waals surface area contributed by atoms with Crippen molar-refractivity contribution >= 4 is 40.1 Å². The standard InChI is InChI=1S/C22H21F3N8O2/c23-22(24,25)21(29)12(7-26)20-11-4-2-1-3-10(11)17-14(30-20)6-5-13(27)18(17)19(28)15-8-33(32-31-15)9-16(34)35/h5-8,26,28H,1-4,9,27,29H2,(H,34,35). The van der Waals surface area contributed by atoms with Crippen LogP contribution < -0.4 is 11.5 Å². The molecule has 10 nitrogen and oxygen atoms in total. The van der Waals surface area contributed by atoms with Crippen molar-refractivity contribution in [2.75, 3.05) is 5.73 Å². The molecular formula is C22H21F3N8O2. The highest BCUT2D eigenvalue weighted by atomic mass is 19.4. The minimum absolute atomic E-state index is 0.00770. The number of hydrogen-bond acceptors (Lipinski definition) is 8. The molecule has 0 bridgehead atoms. The van der Waals surface area contributed by atoms with Gasteiger partial charge in [-0.2, -0.15) is 13.2 Å². The molecule has 1 aliphatic rings. The average Bonchev–Trinajstić information content (AvgIpc) is 3.26. The van der Waals surface area contributed by atoms with E-state index in [1.165, 1.54) is 12.3 Å². The van der Waals surface area contributed by atoms with Gasteiger partial charge in [0.1, 0.15) is 17.9 Å². The third-order valence-corrected chi connectivity index (χ3v) is 5.84. The van der Waals surface area contributed by atoms with E-state index in [9.17, 15) is 18.0 Å². The SMILES string of the molecule is N=CC(=C(N)C(F)(F)F)c1nc2ccc(N)c(C(=N)c3cn(CC(=O)O)nn3)c2c2c1CCCC2. The zero-order valence-corrected chi connectivity index (χ0v) is 18.3. The molecule has 1 aromatic carbocycles. The molecule has 0 spiro atoms. The lowest BCUT2D eigenvalue weighted by molar-refractivity contribution is -0.137. The number of carbonyl (C=O) groups is 1.